The zero-order valence-corrected chi connectivity index (χ0v) is 18.1. The summed E-state index contributed by atoms with van der Waals surface area (Å²) in [5.41, 5.74) is 22.2. The van der Waals surface area contributed by atoms with Crippen LogP contribution in [0.4, 0.5) is 11.4 Å². The number of hydrogen-bond acceptors (Lipinski definition) is 6. The first-order valence-corrected chi connectivity index (χ1v) is 9.78. The highest BCUT2D eigenvalue weighted by Gasteiger charge is 2.18. The van der Waals surface area contributed by atoms with Crippen molar-refractivity contribution in [1.82, 2.24) is 10.6 Å². The van der Waals surface area contributed by atoms with Gasteiger partial charge in [0.05, 0.1) is 30.0 Å². The van der Waals surface area contributed by atoms with Gasteiger partial charge in [-0.25, -0.2) is 9.98 Å². The van der Waals surface area contributed by atoms with Crippen molar-refractivity contribution in [3.05, 3.63) is 71.8 Å². The predicted octanol–water partition coefficient (Wildman–Crippen LogP) is -0.649. The molecule has 12 nitrogen and oxygen atoms in total. The van der Waals surface area contributed by atoms with Crippen molar-refractivity contribution in [1.29, 1.82) is 0 Å². The summed E-state index contributed by atoms with van der Waals surface area (Å²) in [5, 5.41) is 4.80. The molecule has 0 aromatic heterocycles. The lowest BCUT2D eigenvalue weighted by molar-refractivity contribution is -0.120. The molecule has 176 valence electrons. The van der Waals surface area contributed by atoms with Gasteiger partial charge in [0.15, 0.2) is 23.5 Å². The molecule has 0 aliphatic rings. The Labute approximate surface area is 194 Å². The maximum Gasteiger partial charge on any atom is 0.251 e. The summed E-state index contributed by atoms with van der Waals surface area (Å²) in [5.74, 6) is -2.70. The third kappa shape index (κ3) is 7.60. The van der Waals surface area contributed by atoms with Crippen LogP contribution in [-0.4, -0.2) is 48.4 Å². The van der Waals surface area contributed by atoms with Crippen LogP contribution in [-0.2, 0) is 9.59 Å². The number of hydrogen-bond donors (Lipinski definition) is 6. The van der Waals surface area contributed by atoms with Crippen molar-refractivity contribution in [2.24, 2.45) is 32.9 Å². The van der Waals surface area contributed by atoms with Crippen LogP contribution in [0.2, 0.25) is 0 Å². The minimum Gasteiger partial charge on any atom is -0.370 e. The Bertz CT molecular complexity index is 1070. The summed E-state index contributed by atoms with van der Waals surface area (Å²) in [7, 11) is 0. The fourth-order valence-corrected chi connectivity index (χ4v) is 2.57. The van der Waals surface area contributed by atoms with Crippen LogP contribution < -0.4 is 33.6 Å². The van der Waals surface area contributed by atoms with Crippen molar-refractivity contribution >= 4 is 46.7 Å². The average Bonchev–Trinajstić information content (AvgIpc) is 2.80. The molecule has 0 atom stereocenters. The van der Waals surface area contributed by atoms with Crippen molar-refractivity contribution in [3.8, 4) is 0 Å². The summed E-state index contributed by atoms with van der Waals surface area (Å²) < 4.78 is 0. The van der Waals surface area contributed by atoms with Gasteiger partial charge in [-0.05, 0) is 48.5 Å². The molecular weight excluding hydrogens is 440 g/mol. The van der Waals surface area contributed by atoms with Crippen molar-refractivity contribution < 1.29 is 19.2 Å². The molecule has 0 spiro atoms. The van der Waals surface area contributed by atoms with Gasteiger partial charge in [-0.15, -0.1) is 0 Å². The summed E-state index contributed by atoms with van der Waals surface area (Å²) in [4.78, 5) is 56.5. The molecule has 0 aliphatic heterocycles. The molecule has 0 saturated carbocycles. The quantitative estimate of drug-likeness (QED) is 0.0869. The Morgan fingerprint density at radius 3 is 1.26 bits per heavy atom. The average molecular weight is 464 g/mol. The SMILES string of the molecule is C=C(C(=O)CNC(=O)c1ccc(N=C(N)N)cc1)C(=O)CNC(=O)c1ccc(N=C(N)N)cc1. The van der Waals surface area contributed by atoms with E-state index in [-0.39, 0.29) is 28.6 Å². The van der Waals surface area contributed by atoms with Gasteiger partial charge in [0.2, 0.25) is 0 Å². The molecule has 34 heavy (non-hydrogen) atoms. The Hall–Kier alpha value is -5.00. The molecular formula is C22H24N8O4. The van der Waals surface area contributed by atoms with E-state index in [1.807, 2.05) is 0 Å². The lowest BCUT2D eigenvalue weighted by Gasteiger charge is -2.08. The molecule has 0 radical (unpaired) electrons. The molecule has 0 saturated heterocycles. The maximum absolute atomic E-state index is 12.2. The lowest BCUT2D eigenvalue weighted by Crippen LogP contribution is -2.35. The van der Waals surface area contributed by atoms with Gasteiger partial charge in [0, 0.05) is 11.1 Å². The third-order valence-electron chi connectivity index (χ3n) is 4.27. The Balaban J connectivity index is 1.83. The van der Waals surface area contributed by atoms with Crippen LogP contribution in [0.15, 0.2) is 70.7 Å². The molecule has 0 unspecified atom stereocenters. The normalized spacial score (nSPS) is 9.88. The first kappa shape index (κ1) is 25.3. The zero-order valence-electron chi connectivity index (χ0n) is 18.1. The van der Waals surface area contributed by atoms with E-state index in [1.54, 1.807) is 0 Å². The fourth-order valence-electron chi connectivity index (χ4n) is 2.57. The van der Waals surface area contributed by atoms with E-state index in [4.69, 9.17) is 22.9 Å². The topological polar surface area (TPSA) is 221 Å². The van der Waals surface area contributed by atoms with E-state index >= 15 is 0 Å². The van der Waals surface area contributed by atoms with Gasteiger partial charge in [0.25, 0.3) is 11.8 Å². The van der Waals surface area contributed by atoms with E-state index < -0.39 is 36.5 Å². The number of rotatable bonds is 10. The van der Waals surface area contributed by atoms with Gasteiger partial charge >= 0.3 is 0 Å². The molecule has 2 aromatic carbocycles. The standard InChI is InChI=1S/C22H24N8O4/c1-12(17(31)10-27-19(33)13-2-6-15(7-3-13)29-21(23)24)18(32)11-28-20(34)14-4-8-16(9-5-14)30-22(25)26/h2-9H,1,10-11H2,(H,27,33)(H,28,34)(H4,23,24,29)(H4,25,26,30). The molecule has 0 aliphatic carbocycles. The number of carbonyl (C=O) groups excluding carboxylic acids is 4. The minimum absolute atomic E-state index is 0.122. The second kappa shape index (κ2) is 11.6. The number of nitrogens with one attached hydrogen (secondary N) is 2. The van der Waals surface area contributed by atoms with Crippen LogP contribution in [0.3, 0.4) is 0 Å². The molecule has 0 fully saturated rings. The number of amides is 2. The first-order valence-electron chi connectivity index (χ1n) is 9.78. The number of ketones is 2. The van der Waals surface area contributed by atoms with Gasteiger partial charge in [-0.3, -0.25) is 19.2 Å². The van der Waals surface area contributed by atoms with Gasteiger partial charge in [-0.1, -0.05) is 6.58 Å². The Kier molecular flexibility index (Phi) is 8.60. The number of carbonyl (C=O) groups is 4. The van der Waals surface area contributed by atoms with Crippen molar-refractivity contribution in [2.75, 3.05) is 13.1 Å². The van der Waals surface area contributed by atoms with E-state index in [9.17, 15) is 19.2 Å². The highest BCUT2D eigenvalue weighted by molar-refractivity contribution is 6.22. The largest absolute Gasteiger partial charge is 0.370 e. The number of Topliss-reactive ketones (excluding diaryl/α,β-unsaturated/α-hetero) is 2. The lowest BCUT2D eigenvalue weighted by atomic mass is 10.1. The first-order chi connectivity index (χ1) is 16.1. The predicted molar refractivity (Wildman–Crippen MR) is 128 cm³/mol. The zero-order chi connectivity index (χ0) is 25.3. The van der Waals surface area contributed by atoms with E-state index in [0.29, 0.717) is 11.4 Å². The smallest absolute Gasteiger partial charge is 0.251 e. The number of aliphatic imine (C=N–C) groups is 2. The third-order valence-corrected chi connectivity index (χ3v) is 4.27. The number of benzene rings is 2. The fraction of sp³-hybridized carbons (Fsp3) is 0.0909. The molecule has 2 aromatic rings. The van der Waals surface area contributed by atoms with E-state index in [2.05, 4.69) is 27.2 Å². The van der Waals surface area contributed by atoms with Gasteiger partial charge in [0.1, 0.15) is 0 Å². The van der Waals surface area contributed by atoms with Crippen LogP contribution >= 0.6 is 0 Å². The second-order valence-corrected chi connectivity index (χ2v) is 6.86. The van der Waals surface area contributed by atoms with Crippen LogP contribution in [0.5, 0.6) is 0 Å². The highest BCUT2D eigenvalue weighted by atomic mass is 16.2. The van der Waals surface area contributed by atoms with Crippen molar-refractivity contribution in [2.45, 2.75) is 0 Å². The van der Waals surface area contributed by atoms with Gasteiger partial charge in [-0.2, -0.15) is 0 Å². The van der Waals surface area contributed by atoms with Crippen LogP contribution in [0, 0.1) is 0 Å². The highest BCUT2D eigenvalue weighted by Crippen LogP contribution is 2.13. The minimum atomic E-state index is -0.689. The Morgan fingerprint density at radius 2 is 0.971 bits per heavy atom. The van der Waals surface area contributed by atoms with Crippen LogP contribution in [0.25, 0.3) is 0 Å². The summed E-state index contributed by atoms with van der Waals surface area (Å²) in [6.45, 7) is 2.57. The maximum atomic E-state index is 12.2. The molecule has 12 heteroatoms. The molecule has 10 N–H and O–H groups in total. The Morgan fingerprint density at radius 1 is 0.647 bits per heavy atom. The number of nitrogens with two attached hydrogens (primary N) is 4. The van der Waals surface area contributed by atoms with E-state index in [0.717, 1.165) is 0 Å². The number of nitrogens with zero attached hydrogens (tertiary/aromatic N) is 2. The molecule has 2 rings (SSSR count). The van der Waals surface area contributed by atoms with Gasteiger partial charge < -0.3 is 33.6 Å². The second-order valence-electron chi connectivity index (χ2n) is 6.86. The van der Waals surface area contributed by atoms with Crippen molar-refractivity contribution in [3.63, 3.8) is 0 Å². The monoisotopic (exact) mass is 464 g/mol. The summed E-state index contributed by atoms with van der Waals surface area (Å²) >= 11 is 0. The van der Waals surface area contributed by atoms with E-state index in [1.165, 1.54) is 48.5 Å². The molecule has 2 amide bonds. The molecule has 0 heterocycles. The van der Waals surface area contributed by atoms with Crippen LogP contribution in [0.1, 0.15) is 20.7 Å². The number of guanidine groups is 2. The molecule has 0 bridgehead atoms. The summed E-state index contributed by atoms with van der Waals surface area (Å²) in [6, 6.07) is 12.0. The summed E-state index contributed by atoms with van der Waals surface area (Å²) in [6.07, 6.45) is 0.